The highest BCUT2D eigenvalue weighted by Crippen LogP contribution is 2.35. The molecular weight excluding hydrogens is 426 g/mol. The number of nitrogens with one attached hydrogen (secondary N) is 1. The van der Waals surface area contributed by atoms with Gasteiger partial charge < -0.3 is 10.1 Å². The second kappa shape index (κ2) is 8.44. The molecule has 31 heavy (non-hydrogen) atoms. The van der Waals surface area contributed by atoms with Crippen LogP contribution in [0.15, 0.2) is 48.7 Å². The molecule has 0 unspecified atom stereocenters. The molecule has 2 aromatic carbocycles. The van der Waals surface area contributed by atoms with Gasteiger partial charge in [-0.1, -0.05) is 12.1 Å². The number of hydrogen-bond acceptors (Lipinski definition) is 4. The van der Waals surface area contributed by atoms with E-state index < -0.39 is 29.4 Å². The van der Waals surface area contributed by atoms with Crippen molar-refractivity contribution in [3.8, 4) is 0 Å². The second-order valence-electron chi connectivity index (χ2n) is 6.55. The largest absolute Gasteiger partial charge is 0.462 e. The van der Waals surface area contributed by atoms with E-state index in [1.165, 1.54) is 12.1 Å². The summed E-state index contributed by atoms with van der Waals surface area (Å²) >= 11 is 0. The van der Waals surface area contributed by atoms with Crippen molar-refractivity contribution in [2.24, 2.45) is 0 Å². The van der Waals surface area contributed by atoms with Crippen LogP contribution in [-0.2, 0) is 23.6 Å². The molecule has 1 N–H and O–H groups in total. The highest BCUT2D eigenvalue weighted by molar-refractivity contribution is 6.05. The lowest BCUT2D eigenvalue weighted by Crippen LogP contribution is -2.12. The Balaban J connectivity index is 2.07. The summed E-state index contributed by atoms with van der Waals surface area (Å²) in [4.78, 5) is 16.3. The minimum atomic E-state index is -4.63. The maximum atomic E-state index is 13.2. The van der Waals surface area contributed by atoms with Gasteiger partial charge in [0.25, 0.3) is 0 Å². The van der Waals surface area contributed by atoms with Crippen molar-refractivity contribution in [2.45, 2.75) is 25.8 Å². The zero-order chi connectivity index (χ0) is 22.8. The van der Waals surface area contributed by atoms with Crippen LogP contribution < -0.4 is 5.32 Å². The summed E-state index contributed by atoms with van der Waals surface area (Å²) in [5.41, 5.74) is -1.55. The molecular formula is C21H16F6N2O2. The fourth-order valence-corrected chi connectivity index (χ4v) is 2.97. The van der Waals surface area contributed by atoms with Crippen molar-refractivity contribution in [3.63, 3.8) is 0 Å². The van der Waals surface area contributed by atoms with Crippen molar-refractivity contribution in [1.29, 1.82) is 0 Å². The van der Waals surface area contributed by atoms with Crippen LogP contribution in [0.3, 0.4) is 0 Å². The summed E-state index contributed by atoms with van der Waals surface area (Å²) in [5, 5.41) is 2.79. The van der Waals surface area contributed by atoms with Gasteiger partial charge in [0.05, 0.1) is 28.9 Å². The van der Waals surface area contributed by atoms with E-state index in [4.69, 9.17) is 4.74 Å². The minimum absolute atomic E-state index is 0.00708. The zero-order valence-corrected chi connectivity index (χ0v) is 16.1. The van der Waals surface area contributed by atoms with E-state index in [1.807, 2.05) is 0 Å². The molecule has 0 amide bonds. The van der Waals surface area contributed by atoms with Crippen molar-refractivity contribution in [1.82, 2.24) is 4.98 Å². The van der Waals surface area contributed by atoms with E-state index in [2.05, 4.69) is 10.3 Å². The third-order valence-corrected chi connectivity index (χ3v) is 4.41. The molecule has 0 fully saturated rings. The molecule has 0 bridgehead atoms. The van der Waals surface area contributed by atoms with Crippen LogP contribution in [-0.4, -0.2) is 17.6 Å². The number of aromatic nitrogens is 1. The molecule has 0 saturated carbocycles. The molecule has 0 spiro atoms. The van der Waals surface area contributed by atoms with Gasteiger partial charge in [0.2, 0.25) is 0 Å². The lowest BCUT2D eigenvalue weighted by atomic mass is 10.0. The maximum Gasteiger partial charge on any atom is 0.416 e. The van der Waals surface area contributed by atoms with Crippen LogP contribution in [0.25, 0.3) is 10.9 Å². The molecule has 3 rings (SSSR count). The molecule has 1 aromatic heterocycles. The number of hydrogen-bond donors (Lipinski definition) is 1. The molecule has 0 radical (unpaired) electrons. The summed E-state index contributed by atoms with van der Waals surface area (Å²) in [6.07, 6.45) is -8.02. The number of anilines is 1. The molecule has 0 aliphatic carbocycles. The van der Waals surface area contributed by atoms with Crippen LogP contribution in [0.1, 0.15) is 34.0 Å². The van der Waals surface area contributed by atoms with Gasteiger partial charge in [0.1, 0.15) is 5.56 Å². The van der Waals surface area contributed by atoms with Gasteiger partial charge in [-0.2, -0.15) is 26.3 Å². The van der Waals surface area contributed by atoms with Gasteiger partial charge in [-0.05, 0) is 42.8 Å². The van der Waals surface area contributed by atoms with E-state index in [0.29, 0.717) is 0 Å². The monoisotopic (exact) mass is 442 g/mol. The summed E-state index contributed by atoms with van der Waals surface area (Å²) in [6, 6.07) is 7.32. The molecule has 3 aromatic rings. The van der Waals surface area contributed by atoms with Crippen LogP contribution in [0.2, 0.25) is 0 Å². The lowest BCUT2D eigenvalue weighted by Gasteiger charge is -2.16. The number of esters is 1. The molecule has 4 nitrogen and oxygen atoms in total. The third kappa shape index (κ3) is 5.07. The summed E-state index contributed by atoms with van der Waals surface area (Å²) < 4.78 is 83.4. The standard InChI is InChI=1S/C21H16F6N2O2/c1-2-31-19(30)16-11-28-17-7-6-14(21(25,26)27)9-15(17)18(16)29-10-12-4-3-5-13(8-12)20(22,23)24/h3-9,11H,2,10H2,1H3,(H,28,29). The Hall–Kier alpha value is -3.30. The second-order valence-corrected chi connectivity index (χ2v) is 6.55. The zero-order valence-electron chi connectivity index (χ0n) is 16.1. The number of rotatable bonds is 5. The molecule has 0 aliphatic rings. The Morgan fingerprint density at radius 1 is 1.00 bits per heavy atom. The maximum absolute atomic E-state index is 13.2. The highest BCUT2D eigenvalue weighted by atomic mass is 19.4. The Bertz CT molecular complexity index is 1110. The van der Waals surface area contributed by atoms with E-state index in [0.717, 1.165) is 36.5 Å². The number of fused-ring (bicyclic) bond motifs is 1. The van der Waals surface area contributed by atoms with Gasteiger partial charge >= 0.3 is 18.3 Å². The first-order valence-corrected chi connectivity index (χ1v) is 9.07. The predicted molar refractivity (Wildman–Crippen MR) is 101 cm³/mol. The summed E-state index contributed by atoms with van der Waals surface area (Å²) in [6.45, 7) is 1.40. The Kier molecular flexibility index (Phi) is 6.10. The number of carbonyl (C=O) groups is 1. The number of pyridine rings is 1. The first-order valence-electron chi connectivity index (χ1n) is 9.07. The smallest absolute Gasteiger partial charge is 0.416 e. The fraction of sp³-hybridized carbons (Fsp3) is 0.238. The summed E-state index contributed by atoms with van der Waals surface area (Å²) in [7, 11) is 0. The number of halogens is 6. The molecule has 1 heterocycles. The number of nitrogens with zero attached hydrogens (tertiary/aromatic N) is 1. The number of carbonyl (C=O) groups excluding carboxylic acids is 1. The average Bonchev–Trinajstić information content (AvgIpc) is 2.70. The van der Waals surface area contributed by atoms with Crippen molar-refractivity contribution in [3.05, 3.63) is 70.9 Å². The van der Waals surface area contributed by atoms with Crippen molar-refractivity contribution < 1.29 is 35.9 Å². The van der Waals surface area contributed by atoms with Gasteiger partial charge in [0.15, 0.2) is 0 Å². The minimum Gasteiger partial charge on any atom is -0.462 e. The average molecular weight is 442 g/mol. The lowest BCUT2D eigenvalue weighted by molar-refractivity contribution is -0.138. The Labute approximate surface area is 172 Å². The van der Waals surface area contributed by atoms with Crippen LogP contribution in [0.4, 0.5) is 32.0 Å². The Morgan fingerprint density at radius 3 is 2.32 bits per heavy atom. The fourth-order valence-electron chi connectivity index (χ4n) is 2.97. The molecule has 0 saturated heterocycles. The molecule has 164 valence electrons. The third-order valence-electron chi connectivity index (χ3n) is 4.41. The van der Waals surface area contributed by atoms with Crippen molar-refractivity contribution >= 4 is 22.6 Å². The molecule has 10 heteroatoms. The first-order chi connectivity index (χ1) is 14.5. The SMILES string of the molecule is CCOC(=O)c1cnc2ccc(C(F)(F)F)cc2c1NCc1cccc(C(F)(F)F)c1. The predicted octanol–water partition coefficient (Wildman–Crippen LogP) is 6.06. The van der Waals surface area contributed by atoms with E-state index in [9.17, 15) is 31.1 Å². The van der Waals surface area contributed by atoms with Gasteiger partial charge in [-0.3, -0.25) is 4.98 Å². The van der Waals surface area contributed by atoms with E-state index in [1.54, 1.807) is 6.92 Å². The molecule has 0 aliphatic heterocycles. The van der Waals surface area contributed by atoms with E-state index in [-0.39, 0.29) is 40.9 Å². The van der Waals surface area contributed by atoms with Crippen LogP contribution in [0.5, 0.6) is 0 Å². The Morgan fingerprint density at radius 2 is 1.68 bits per heavy atom. The number of ether oxygens (including phenoxy) is 1. The number of alkyl halides is 6. The van der Waals surface area contributed by atoms with Gasteiger partial charge in [-0.15, -0.1) is 0 Å². The van der Waals surface area contributed by atoms with Crippen LogP contribution >= 0.6 is 0 Å². The highest BCUT2D eigenvalue weighted by Gasteiger charge is 2.32. The molecule has 0 atom stereocenters. The van der Waals surface area contributed by atoms with Gasteiger partial charge in [0, 0.05) is 18.1 Å². The summed E-state index contributed by atoms with van der Waals surface area (Å²) in [5.74, 6) is -0.819. The number of benzene rings is 2. The first kappa shape index (κ1) is 22.4. The topological polar surface area (TPSA) is 51.2 Å². The normalized spacial score (nSPS) is 12.1. The van der Waals surface area contributed by atoms with Crippen molar-refractivity contribution in [2.75, 3.05) is 11.9 Å². The van der Waals surface area contributed by atoms with Crippen LogP contribution in [0, 0.1) is 0 Å². The van der Waals surface area contributed by atoms with E-state index >= 15 is 0 Å². The quantitative estimate of drug-likeness (QED) is 0.386. The van der Waals surface area contributed by atoms with Gasteiger partial charge in [-0.25, -0.2) is 4.79 Å².